The van der Waals surface area contributed by atoms with Crippen LogP contribution in [-0.2, 0) is 11.3 Å². The lowest BCUT2D eigenvalue weighted by atomic mass is 10.1. The van der Waals surface area contributed by atoms with Gasteiger partial charge in [0.2, 0.25) is 5.91 Å². The number of rotatable bonds is 5. The summed E-state index contributed by atoms with van der Waals surface area (Å²) >= 11 is 5.91. The van der Waals surface area contributed by atoms with Gasteiger partial charge in [-0.1, -0.05) is 54.1 Å². The Morgan fingerprint density at radius 1 is 1.07 bits per heavy atom. The number of carbonyl (C=O) groups excluding carboxylic acids is 2. The van der Waals surface area contributed by atoms with Crippen LogP contribution in [0.1, 0.15) is 22.3 Å². The lowest BCUT2D eigenvalue weighted by molar-refractivity contribution is -0.129. The molecule has 0 bridgehead atoms. The third-order valence-electron chi connectivity index (χ3n) is 4.98. The summed E-state index contributed by atoms with van der Waals surface area (Å²) in [6, 6.07) is 20.2. The van der Waals surface area contributed by atoms with Gasteiger partial charge in [0.1, 0.15) is 6.04 Å². The van der Waals surface area contributed by atoms with Crippen LogP contribution in [0.2, 0.25) is 5.02 Å². The van der Waals surface area contributed by atoms with Gasteiger partial charge < -0.3 is 10.2 Å². The zero-order chi connectivity index (χ0) is 20.2. The Balaban J connectivity index is 1.37. The average molecular weight is 406 g/mol. The highest BCUT2D eigenvalue weighted by atomic mass is 35.5. The number of benzene rings is 2. The molecule has 6 heteroatoms. The van der Waals surface area contributed by atoms with Crippen molar-refractivity contribution in [2.75, 3.05) is 6.54 Å². The molecule has 1 atom stereocenters. The normalized spacial score (nSPS) is 16.1. The molecule has 2 heterocycles. The van der Waals surface area contributed by atoms with Crippen LogP contribution in [0.4, 0.5) is 0 Å². The van der Waals surface area contributed by atoms with E-state index >= 15 is 0 Å². The van der Waals surface area contributed by atoms with Crippen molar-refractivity contribution in [1.82, 2.24) is 15.2 Å². The molecule has 1 unspecified atom stereocenters. The highest BCUT2D eigenvalue weighted by Gasteiger charge is 2.32. The van der Waals surface area contributed by atoms with E-state index in [1.807, 2.05) is 60.7 Å². The van der Waals surface area contributed by atoms with Gasteiger partial charge in [0, 0.05) is 29.9 Å². The number of hydrogen-bond acceptors (Lipinski definition) is 3. The fourth-order valence-electron chi connectivity index (χ4n) is 3.39. The molecule has 3 aromatic rings. The van der Waals surface area contributed by atoms with Crippen LogP contribution in [0.5, 0.6) is 0 Å². The molecule has 1 fully saturated rings. The first-order chi connectivity index (χ1) is 14.1. The molecule has 1 saturated heterocycles. The number of carbonyl (C=O) groups is 2. The lowest BCUT2D eigenvalue weighted by Gasteiger charge is -2.17. The largest absolute Gasteiger partial charge is 0.340 e. The van der Waals surface area contributed by atoms with Gasteiger partial charge in [-0.25, -0.2) is 0 Å². The zero-order valence-electron chi connectivity index (χ0n) is 15.7. The van der Waals surface area contributed by atoms with Crippen molar-refractivity contribution in [3.05, 3.63) is 89.1 Å². The van der Waals surface area contributed by atoms with Crippen molar-refractivity contribution in [3.8, 4) is 11.3 Å². The Bertz CT molecular complexity index is 1000. The molecule has 1 aliphatic heterocycles. The monoisotopic (exact) mass is 405 g/mol. The Labute approximate surface area is 174 Å². The summed E-state index contributed by atoms with van der Waals surface area (Å²) in [7, 11) is 0. The number of hydrogen-bond donors (Lipinski definition) is 1. The number of nitrogens with one attached hydrogen (secondary N) is 1. The third-order valence-corrected chi connectivity index (χ3v) is 5.24. The highest BCUT2D eigenvalue weighted by molar-refractivity contribution is 6.30. The van der Waals surface area contributed by atoms with Gasteiger partial charge in [-0.2, -0.15) is 0 Å². The van der Waals surface area contributed by atoms with Crippen molar-refractivity contribution >= 4 is 23.4 Å². The van der Waals surface area contributed by atoms with Crippen LogP contribution in [0.3, 0.4) is 0 Å². The van der Waals surface area contributed by atoms with E-state index in [1.165, 1.54) is 0 Å². The highest BCUT2D eigenvalue weighted by Crippen LogP contribution is 2.19. The summed E-state index contributed by atoms with van der Waals surface area (Å²) in [5.41, 5.74) is 3.24. The van der Waals surface area contributed by atoms with E-state index in [0.717, 1.165) is 16.8 Å². The molecular weight excluding hydrogens is 386 g/mol. The van der Waals surface area contributed by atoms with Crippen molar-refractivity contribution in [2.24, 2.45) is 0 Å². The first kappa shape index (κ1) is 19.2. The van der Waals surface area contributed by atoms with Crippen LogP contribution in [0, 0.1) is 0 Å². The fourth-order valence-corrected chi connectivity index (χ4v) is 3.52. The number of likely N-dealkylation sites (tertiary alicyclic amines) is 1. The van der Waals surface area contributed by atoms with E-state index in [-0.39, 0.29) is 11.8 Å². The van der Waals surface area contributed by atoms with E-state index in [0.29, 0.717) is 30.1 Å². The number of amides is 2. The third kappa shape index (κ3) is 4.46. The summed E-state index contributed by atoms with van der Waals surface area (Å²) in [4.78, 5) is 31.3. The van der Waals surface area contributed by atoms with E-state index in [4.69, 9.17) is 11.6 Å². The van der Waals surface area contributed by atoms with Gasteiger partial charge in [0.25, 0.3) is 5.91 Å². The zero-order valence-corrected chi connectivity index (χ0v) is 16.5. The predicted molar refractivity (Wildman–Crippen MR) is 112 cm³/mol. The van der Waals surface area contributed by atoms with Gasteiger partial charge in [0.05, 0.1) is 11.3 Å². The molecule has 0 aliphatic carbocycles. The van der Waals surface area contributed by atoms with E-state index in [2.05, 4.69) is 10.3 Å². The van der Waals surface area contributed by atoms with Gasteiger partial charge in [0.15, 0.2) is 0 Å². The van der Waals surface area contributed by atoms with E-state index in [1.54, 1.807) is 17.2 Å². The van der Waals surface area contributed by atoms with Crippen LogP contribution < -0.4 is 5.32 Å². The summed E-state index contributed by atoms with van der Waals surface area (Å²) in [5, 5.41) is 3.50. The maximum Gasteiger partial charge on any atom is 0.253 e. The number of nitrogens with zero attached hydrogens (tertiary/aromatic N) is 2. The van der Waals surface area contributed by atoms with Crippen molar-refractivity contribution in [2.45, 2.75) is 19.0 Å². The molecule has 1 aromatic heterocycles. The average Bonchev–Trinajstić information content (AvgIpc) is 3.09. The SMILES string of the molecule is O=C(NC1CCN(Cc2ccc(Cl)cc2)C1=O)c1ccc(-c2ccccc2)nc1. The van der Waals surface area contributed by atoms with Crippen molar-refractivity contribution in [1.29, 1.82) is 0 Å². The molecule has 0 spiro atoms. The van der Waals surface area contributed by atoms with Crippen LogP contribution in [-0.4, -0.2) is 34.3 Å². The molecule has 5 nitrogen and oxygen atoms in total. The molecule has 0 saturated carbocycles. The quantitative estimate of drug-likeness (QED) is 0.699. The van der Waals surface area contributed by atoms with E-state index < -0.39 is 6.04 Å². The lowest BCUT2D eigenvalue weighted by Crippen LogP contribution is -2.41. The second-order valence-electron chi connectivity index (χ2n) is 7.00. The molecule has 4 rings (SSSR count). The Morgan fingerprint density at radius 2 is 1.83 bits per heavy atom. The first-order valence-electron chi connectivity index (χ1n) is 9.46. The minimum atomic E-state index is -0.511. The molecule has 1 aliphatic rings. The van der Waals surface area contributed by atoms with Gasteiger partial charge >= 0.3 is 0 Å². The minimum absolute atomic E-state index is 0.0674. The summed E-state index contributed by atoms with van der Waals surface area (Å²) < 4.78 is 0. The van der Waals surface area contributed by atoms with Gasteiger partial charge in [-0.3, -0.25) is 14.6 Å². The molecule has 146 valence electrons. The molecule has 2 aromatic carbocycles. The Morgan fingerprint density at radius 3 is 2.52 bits per heavy atom. The van der Waals surface area contributed by atoms with E-state index in [9.17, 15) is 9.59 Å². The van der Waals surface area contributed by atoms with Gasteiger partial charge in [-0.15, -0.1) is 0 Å². The number of halogens is 1. The predicted octanol–water partition coefficient (Wildman–Crippen LogP) is 3.93. The standard InChI is InChI=1S/C23H20ClN3O2/c24-19-9-6-16(7-10-19)15-27-13-12-21(23(27)29)26-22(28)18-8-11-20(25-14-18)17-4-2-1-3-5-17/h1-11,14,21H,12-13,15H2,(H,26,28). The smallest absolute Gasteiger partial charge is 0.253 e. The summed E-state index contributed by atoms with van der Waals surface area (Å²) in [5.74, 6) is -0.356. The fraction of sp³-hybridized carbons (Fsp3) is 0.174. The Hall–Kier alpha value is -3.18. The summed E-state index contributed by atoms with van der Waals surface area (Å²) in [6.07, 6.45) is 2.14. The molecule has 2 amide bonds. The molecular formula is C23H20ClN3O2. The Kier molecular flexibility index (Phi) is 5.58. The minimum Gasteiger partial charge on any atom is -0.340 e. The van der Waals surface area contributed by atoms with Gasteiger partial charge in [-0.05, 0) is 36.2 Å². The number of aromatic nitrogens is 1. The van der Waals surface area contributed by atoms with Crippen molar-refractivity contribution in [3.63, 3.8) is 0 Å². The molecule has 1 N–H and O–H groups in total. The first-order valence-corrected chi connectivity index (χ1v) is 9.83. The second-order valence-corrected chi connectivity index (χ2v) is 7.44. The van der Waals surface area contributed by atoms with Crippen molar-refractivity contribution < 1.29 is 9.59 Å². The van der Waals surface area contributed by atoms with Crippen LogP contribution >= 0.6 is 11.6 Å². The van der Waals surface area contributed by atoms with Crippen LogP contribution in [0.15, 0.2) is 72.9 Å². The molecule has 29 heavy (non-hydrogen) atoms. The maximum atomic E-state index is 12.7. The van der Waals surface area contributed by atoms with Crippen LogP contribution in [0.25, 0.3) is 11.3 Å². The number of pyridine rings is 1. The summed E-state index contributed by atoms with van der Waals surface area (Å²) in [6.45, 7) is 1.12. The second kappa shape index (κ2) is 8.45. The maximum absolute atomic E-state index is 12.7. The molecule has 0 radical (unpaired) electrons. The topological polar surface area (TPSA) is 62.3 Å².